The highest BCUT2D eigenvalue weighted by Gasteiger charge is 2.20. The molecule has 2 heterocycles. The van der Waals surface area contributed by atoms with Gasteiger partial charge in [-0.3, -0.25) is 0 Å². The van der Waals surface area contributed by atoms with E-state index < -0.39 is 0 Å². The summed E-state index contributed by atoms with van der Waals surface area (Å²) in [5.41, 5.74) is 0.141. The van der Waals surface area contributed by atoms with E-state index in [9.17, 15) is 0 Å². The van der Waals surface area contributed by atoms with Crippen molar-refractivity contribution >= 4 is 0 Å². The molecule has 0 aromatic carbocycles. The molecule has 23 heavy (non-hydrogen) atoms. The van der Waals surface area contributed by atoms with Gasteiger partial charge < -0.3 is 24.9 Å². The van der Waals surface area contributed by atoms with Crippen LogP contribution in [0.25, 0.3) is 0 Å². The number of nitriles is 2. The number of rotatable bonds is 7. The molecular formula is C16H22N6O. The predicted octanol–water partition coefficient (Wildman–Crippen LogP) is 0.595. The average molecular weight is 314 g/mol. The molecule has 1 aliphatic heterocycles. The molecule has 1 aromatic heterocycles. The molecule has 7 heteroatoms. The summed E-state index contributed by atoms with van der Waals surface area (Å²) in [6, 6.07) is 7.84. The standard InChI is InChI=1S/C16H22N6O/c1-21(2)12-15-4-3-14(23-15)11-19-5-7-22-8-6-20-16(22)13(9-17)10-18/h3-4,19-20H,5-8,11-12H2,1-2H3. The molecule has 0 bridgehead atoms. The Balaban J connectivity index is 1.77. The Bertz CT molecular complexity index is 618. The molecule has 7 nitrogen and oxygen atoms in total. The summed E-state index contributed by atoms with van der Waals surface area (Å²) in [7, 11) is 4.01. The molecule has 0 saturated carbocycles. The molecule has 1 aliphatic rings. The van der Waals surface area contributed by atoms with Crippen LogP contribution in [-0.4, -0.2) is 50.1 Å². The number of nitrogens with zero attached hydrogens (tertiary/aromatic N) is 4. The van der Waals surface area contributed by atoms with E-state index in [1.807, 2.05) is 43.3 Å². The first kappa shape index (κ1) is 16.9. The summed E-state index contributed by atoms with van der Waals surface area (Å²) in [6.45, 7) is 4.50. The molecule has 0 amide bonds. The van der Waals surface area contributed by atoms with Crippen LogP contribution in [0.4, 0.5) is 0 Å². The smallest absolute Gasteiger partial charge is 0.169 e. The third kappa shape index (κ3) is 4.75. The van der Waals surface area contributed by atoms with Gasteiger partial charge >= 0.3 is 0 Å². The highest BCUT2D eigenvalue weighted by molar-refractivity contribution is 5.39. The van der Waals surface area contributed by atoms with E-state index in [0.717, 1.165) is 44.2 Å². The molecule has 1 saturated heterocycles. The van der Waals surface area contributed by atoms with Gasteiger partial charge in [0.05, 0.1) is 13.1 Å². The van der Waals surface area contributed by atoms with Crippen LogP contribution < -0.4 is 10.6 Å². The molecular weight excluding hydrogens is 292 g/mol. The number of furan rings is 1. The van der Waals surface area contributed by atoms with Crippen molar-refractivity contribution in [1.82, 2.24) is 20.4 Å². The second-order valence-corrected chi connectivity index (χ2v) is 5.64. The van der Waals surface area contributed by atoms with Crippen LogP contribution in [0.3, 0.4) is 0 Å². The zero-order chi connectivity index (χ0) is 16.7. The third-order valence-corrected chi connectivity index (χ3v) is 3.50. The summed E-state index contributed by atoms with van der Waals surface area (Å²) in [4.78, 5) is 4.08. The van der Waals surface area contributed by atoms with Crippen LogP contribution in [0.15, 0.2) is 27.9 Å². The van der Waals surface area contributed by atoms with Crippen molar-refractivity contribution < 1.29 is 4.42 Å². The minimum atomic E-state index is 0.141. The van der Waals surface area contributed by atoms with Crippen molar-refractivity contribution in [3.05, 3.63) is 35.0 Å². The van der Waals surface area contributed by atoms with E-state index in [-0.39, 0.29) is 5.57 Å². The van der Waals surface area contributed by atoms with Gasteiger partial charge in [-0.25, -0.2) is 0 Å². The van der Waals surface area contributed by atoms with Crippen molar-refractivity contribution in [2.24, 2.45) is 0 Å². The predicted molar refractivity (Wildman–Crippen MR) is 85.6 cm³/mol. The van der Waals surface area contributed by atoms with E-state index in [1.165, 1.54) is 0 Å². The first-order valence-corrected chi connectivity index (χ1v) is 7.60. The summed E-state index contributed by atoms with van der Waals surface area (Å²) in [5.74, 6) is 2.50. The molecule has 1 fully saturated rings. The lowest BCUT2D eigenvalue weighted by molar-refractivity contribution is 0.336. The van der Waals surface area contributed by atoms with Crippen LogP contribution in [-0.2, 0) is 13.1 Å². The first-order chi connectivity index (χ1) is 11.1. The van der Waals surface area contributed by atoms with Gasteiger partial charge in [0.1, 0.15) is 29.5 Å². The Morgan fingerprint density at radius 2 is 2.09 bits per heavy atom. The minimum absolute atomic E-state index is 0.141. The molecule has 1 aromatic rings. The number of hydrogen-bond acceptors (Lipinski definition) is 7. The Hall–Kier alpha value is -2.48. The minimum Gasteiger partial charge on any atom is -0.463 e. The van der Waals surface area contributed by atoms with E-state index in [4.69, 9.17) is 14.9 Å². The summed E-state index contributed by atoms with van der Waals surface area (Å²) in [6.07, 6.45) is 0. The third-order valence-electron chi connectivity index (χ3n) is 3.50. The molecule has 0 atom stereocenters. The average Bonchev–Trinajstić information content (AvgIpc) is 3.14. The van der Waals surface area contributed by atoms with Crippen LogP contribution in [0.1, 0.15) is 11.5 Å². The fourth-order valence-corrected chi connectivity index (χ4v) is 2.47. The van der Waals surface area contributed by atoms with E-state index in [0.29, 0.717) is 12.4 Å². The van der Waals surface area contributed by atoms with Crippen LogP contribution >= 0.6 is 0 Å². The zero-order valence-corrected chi connectivity index (χ0v) is 13.6. The molecule has 2 rings (SSSR count). The van der Waals surface area contributed by atoms with Crippen LogP contribution in [0, 0.1) is 22.7 Å². The van der Waals surface area contributed by atoms with E-state index in [2.05, 4.69) is 15.5 Å². The fraction of sp³-hybridized carbons (Fsp3) is 0.500. The molecule has 0 unspecified atom stereocenters. The van der Waals surface area contributed by atoms with Gasteiger partial charge in [-0.1, -0.05) is 0 Å². The van der Waals surface area contributed by atoms with Gasteiger partial charge in [-0.2, -0.15) is 10.5 Å². The first-order valence-electron chi connectivity index (χ1n) is 7.60. The SMILES string of the molecule is CN(C)Cc1ccc(CNCCN2CCNC2=C(C#N)C#N)o1. The second kappa shape index (κ2) is 8.23. The van der Waals surface area contributed by atoms with Crippen molar-refractivity contribution in [2.45, 2.75) is 13.1 Å². The lowest BCUT2D eigenvalue weighted by Crippen LogP contribution is -2.30. The number of hydrogen-bond donors (Lipinski definition) is 2. The maximum Gasteiger partial charge on any atom is 0.169 e. The quantitative estimate of drug-likeness (QED) is 0.562. The molecule has 122 valence electrons. The Morgan fingerprint density at radius 3 is 2.78 bits per heavy atom. The Labute approximate surface area is 136 Å². The zero-order valence-electron chi connectivity index (χ0n) is 13.6. The Kier molecular flexibility index (Phi) is 6.04. The summed E-state index contributed by atoms with van der Waals surface area (Å²) in [5, 5.41) is 24.3. The summed E-state index contributed by atoms with van der Waals surface area (Å²) < 4.78 is 5.74. The second-order valence-electron chi connectivity index (χ2n) is 5.64. The molecule has 0 aliphatic carbocycles. The van der Waals surface area contributed by atoms with Crippen molar-refractivity contribution in [3.8, 4) is 12.1 Å². The monoisotopic (exact) mass is 314 g/mol. The number of nitrogens with one attached hydrogen (secondary N) is 2. The van der Waals surface area contributed by atoms with Crippen molar-refractivity contribution in [3.63, 3.8) is 0 Å². The van der Waals surface area contributed by atoms with Gasteiger partial charge in [0, 0.05) is 26.2 Å². The van der Waals surface area contributed by atoms with Crippen LogP contribution in [0.2, 0.25) is 0 Å². The Morgan fingerprint density at radius 1 is 1.35 bits per heavy atom. The maximum atomic E-state index is 8.96. The van der Waals surface area contributed by atoms with Gasteiger partial charge in [0.25, 0.3) is 0 Å². The fourth-order valence-electron chi connectivity index (χ4n) is 2.47. The van der Waals surface area contributed by atoms with Crippen LogP contribution in [0.5, 0.6) is 0 Å². The van der Waals surface area contributed by atoms with Crippen molar-refractivity contribution in [2.75, 3.05) is 40.3 Å². The van der Waals surface area contributed by atoms with E-state index >= 15 is 0 Å². The summed E-state index contributed by atoms with van der Waals surface area (Å²) >= 11 is 0. The van der Waals surface area contributed by atoms with Gasteiger partial charge in [-0.05, 0) is 26.2 Å². The lowest BCUT2D eigenvalue weighted by atomic mass is 10.3. The highest BCUT2D eigenvalue weighted by Crippen LogP contribution is 2.11. The van der Waals surface area contributed by atoms with Gasteiger partial charge in [-0.15, -0.1) is 0 Å². The number of allylic oxidation sites excluding steroid dienone is 1. The lowest BCUT2D eigenvalue weighted by Gasteiger charge is -2.18. The van der Waals surface area contributed by atoms with Gasteiger partial charge in [0.15, 0.2) is 5.57 Å². The molecule has 0 spiro atoms. The normalized spacial score (nSPS) is 13.8. The van der Waals surface area contributed by atoms with E-state index in [1.54, 1.807) is 0 Å². The largest absolute Gasteiger partial charge is 0.463 e. The molecule has 0 radical (unpaired) electrons. The van der Waals surface area contributed by atoms with Crippen molar-refractivity contribution in [1.29, 1.82) is 10.5 Å². The molecule has 2 N–H and O–H groups in total. The topological polar surface area (TPSA) is 91.3 Å². The maximum absolute atomic E-state index is 8.96. The highest BCUT2D eigenvalue weighted by atomic mass is 16.3. The van der Waals surface area contributed by atoms with Gasteiger partial charge in [0.2, 0.25) is 0 Å².